The van der Waals surface area contributed by atoms with Crippen LogP contribution in [0.1, 0.15) is 43.8 Å². The lowest BCUT2D eigenvalue weighted by Crippen LogP contribution is -2.51. The lowest BCUT2D eigenvalue weighted by molar-refractivity contribution is 0.167. The van der Waals surface area contributed by atoms with E-state index >= 15 is 0 Å². The summed E-state index contributed by atoms with van der Waals surface area (Å²) in [7, 11) is 0. The zero-order valence-electron chi connectivity index (χ0n) is 14.7. The number of hydrogen-bond donors (Lipinski definition) is 2. The lowest BCUT2D eigenvalue weighted by Gasteiger charge is -2.34. The maximum Gasteiger partial charge on any atom is 0.316 e. The van der Waals surface area contributed by atoms with Crippen LogP contribution in [0.4, 0.5) is 4.79 Å². The summed E-state index contributed by atoms with van der Waals surface area (Å²) >= 11 is 0. The van der Waals surface area contributed by atoms with Crippen molar-refractivity contribution in [3.8, 4) is 11.5 Å². The summed E-state index contributed by atoms with van der Waals surface area (Å²) in [5, 5.41) is 9.89. The molecule has 1 aliphatic rings. The fourth-order valence-electron chi connectivity index (χ4n) is 3.33. The zero-order valence-corrected chi connectivity index (χ0v) is 14.7. The van der Waals surface area contributed by atoms with Gasteiger partial charge in [0.2, 0.25) is 5.82 Å². The number of aromatic nitrogens is 4. The molecule has 4 rings (SSSR count). The third-order valence-corrected chi connectivity index (χ3v) is 4.69. The van der Waals surface area contributed by atoms with Crippen LogP contribution >= 0.6 is 0 Å². The van der Waals surface area contributed by atoms with E-state index in [1.165, 1.54) is 0 Å². The molecule has 9 heteroatoms. The van der Waals surface area contributed by atoms with Crippen LogP contribution in [0, 0.1) is 0 Å². The second kappa shape index (κ2) is 7.56. The number of carbonyl (C=O) groups is 1. The molecular formula is C18H20N6O3. The summed E-state index contributed by atoms with van der Waals surface area (Å²) in [6, 6.07) is 3.29. The maximum atomic E-state index is 12.5. The first-order valence-corrected chi connectivity index (χ1v) is 8.94. The molecule has 27 heavy (non-hydrogen) atoms. The summed E-state index contributed by atoms with van der Waals surface area (Å²) in [5.74, 6) is 1.45. The molecule has 0 spiro atoms. The van der Waals surface area contributed by atoms with Gasteiger partial charge in [-0.1, -0.05) is 24.4 Å². The van der Waals surface area contributed by atoms with Gasteiger partial charge < -0.3 is 19.6 Å². The SMILES string of the molecule is O=C(NCc1ccco1)NC1(c2nc(-c3cnccn3)no2)CCCCC1. The summed E-state index contributed by atoms with van der Waals surface area (Å²) in [6.45, 7) is 0.309. The lowest BCUT2D eigenvalue weighted by atomic mass is 9.81. The quantitative estimate of drug-likeness (QED) is 0.710. The van der Waals surface area contributed by atoms with Gasteiger partial charge in [-0.05, 0) is 25.0 Å². The molecule has 2 N–H and O–H groups in total. The minimum atomic E-state index is -0.682. The van der Waals surface area contributed by atoms with Crippen LogP contribution in [-0.4, -0.2) is 26.1 Å². The normalized spacial score (nSPS) is 16.0. The maximum absolute atomic E-state index is 12.5. The Kier molecular flexibility index (Phi) is 4.82. The smallest absolute Gasteiger partial charge is 0.316 e. The van der Waals surface area contributed by atoms with Gasteiger partial charge in [0.05, 0.1) is 19.0 Å². The topological polar surface area (TPSA) is 119 Å². The van der Waals surface area contributed by atoms with Gasteiger partial charge in [0.25, 0.3) is 5.89 Å². The molecule has 140 valence electrons. The monoisotopic (exact) mass is 368 g/mol. The average molecular weight is 368 g/mol. The van der Waals surface area contributed by atoms with Crippen molar-refractivity contribution in [3.05, 3.63) is 48.6 Å². The molecule has 0 unspecified atom stereocenters. The number of hydrogen-bond acceptors (Lipinski definition) is 7. The van der Waals surface area contributed by atoms with Crippen molar-refractivity contribution in [1.82, 2.24) is 30.7 Å². The molecule has 2 amide bonds. The summed E-state index contributed by atoms with van der Waals surface area (Å²) in [4.78, 5) is 25.2. The Bertz CT molecular complexity index is 872. The van der Waals surface area contributed by atoms with Crippen LogP contribution in [-0.2, 0) is 12.1 Å². The Morgan fingerprint density at radius 1 is 1.22 bits per heavy atom. The Balaban J connectivity index is 1.52. The van der Waals surface area contributed by atoms with E-state index in [9.17, 15) is 4.79 Å². The number of nitrogens with one attached hydrogen (secondary N) is 2. The van der Waals surface area contributed by atoms with Crippen LogP contribution in [0.5, 0.6) is 0 Å². The first kappa shape index (κ1) is 17.2. The minimum Gasteiger partial charge on any atom is -0.467 e. The molecule has 9 nitrogen and oxygen atoms in total. The molecule has 0 aliphatic heterocycles. The predicted molar refractivity (Wildman–Crippen MR) is 94.2 cm³/mol. The predicted octanol–water partition coefficient (Wildman–Crippen LogP) is 2.78. The molecule has 1 fully saturated rings. The standard InChI is InChI=1S/C18H20N6O3/c25-17(21-11-13-5-4-10-26-13)23-18(6-2-1-3-7-18)16-22-15(24-27-16)14-12-19-8-9-20-14/h4-5,8-10,12H,1-3,6-7,11H2,(H2,21,23,25). The van der Waals surface area contributed by atoms with Crippen LogP contribution in [0.2, 0.25) is 0 Å². The molecule has 0 bridgehead atoms. The molecule has 3 aromatic rings. The number of rotatable bonds is 5. The van der Waals surface area contributed by atoms with Crippen molar-refractivity contribution in [1.29, 1.82) is 0 Å². The van der Waals surface area contributed by atoms with E-state index in [1.54, 1.807) is 30.9 Å². The van der Waals surface area contributed by atoms with Crippen molar-refractivity contribution < 1.29 is 13.7 Å². The third-order valence-electron chi connectivity index (χ3n) is 4.69. The molecule has 0 radical (unpaired) electrons. The van der Waals surface area contributed by atoms with E-state index in [-0.39, 0.29) is 6.03 Å². The third kappa shape index (κ3) is 3.81. The fraction of sp³-hybridized carbons (Fsp3) is 0.389. The Morgan fingerprint density at radius 2 is 2.11 bits per heavy atom. The van der Waals surface area contributed by atoms with Gasteiger partial charge in [0, 0.05) is 12.4 Å². The zero-order chi connectivity index (χ0) is 18.5. The van der Waals surface area contributed by atoms with E-state index < -0.39 is 5.54 Å². The Morgan fingerprint density at radius 3 is 2.85 bits per heavy atom. The molecule has 1 aliphatic carbocycles. The largest absolute Gasteiger partial charge is 0.467 e. The molecule has 0 atom stereocenters. The van der Waals surface area contributed by atoms with Crippen molar-refractivity contribution in [2.24, 2.45) is 0 Å². The minimum absolute atomic E-state index is 0.299. The molecular weight excluding hydrogens is 348 g/mol. The number of amides is 2. The van der Waals surface area contributed by atoms with Crippen molar-refractivity contribution in [2.45, 2.75) is 44.2 Å². The molecule has 0 aromatic carbocycles. The molecule has 1 saturated carbocycles. The second-order valence-corrected chi connectivity index (χ2v) is 6.54. The number of carbonyl (C=O) groups excluding carboxylic acids is 1. The van der Waals surface area contributed by atoms with E-state index in [1.807, 2.05) is 6.07 Å². The van der Waals surface area contributed by atoms with Crippen molar-refractivity contribution >= 4 is 6.03 Å². The van der Waals surface area contributed by atoms with Gasteiger partial charge in [-0.3, -0.25) is 4.98 Å². The number of furan rings is 1. The van der Waals surface area contributed by atoms with Crippen LogP contribution in [0.25, 0.3) is 11.5 Å². The van der Waals surface area contributed by atoms with Crippen molar-refractivity contribution in [3.63, 3.8) is 0 Å². The molecule has 3 heterocycles. The second-order valence-electron chi connectivity index (χ2n) is 6.54. The van der Waals surface area contributed by atoms with Gasteiger partial charge in [0.15, 0.2) is 0 Å². The number of urea groups is 1. The highest BCUT2D eigenvalue weighted by Crippen LogP contribution is 2.36. The molecule has 0 saturated heterocycles. The van der Waals surface area contributed by atoms with E-state index in [0.717, 1.165) is 32.1 Å². The average Bonchev–Trinajstić information content (AvgIpc) is 3.40. The Labute approximate surface area is 155 Å². The van der Waals surface area contributed by atoms with Crippen LogP contribution < -0.4 is 10.6 Å². The van der Waals surface area contributed by atoms with E-state index in [4.69, 9.17) is 8.94 Å². The van der Waals surface area contributed by atoms with E-state index in [0.29, 0.717) is 29.7 Å². The van der Waals surface area contributed by atoms with Crippen molar-refractivity contribution in [2.75, 3.05) is 0 Å². The highest BCUT2D eigenvalue weighted by atomic mass is 16.5. The summed E-state index contributed by atoms with van der Waals surface area (Å²) < 4.78 is 10.8. The fourth-order valence-corrected chi connectivity index (χ4v) is 3.33. The highest BCUT2D eigenvalue weighted by Gasteiger charge is 2.41. The highest BCUT2D eigenvalue weighted by molar-refractivity contribution is 5.74. The number of nitrogens with zero attached hydrogens (tertiary/aromatic N) is 4. The molecule has 3 aromatic heterocycles. The summed E-state index contributed by atoms with van der Waals surface area (Å²) in [5.41, 5.74) is -0.153. The van der Waals surface area contributed by atoms with Gasteiger partial charge in [0.1, 0.15) is 17.0 Å². The Hall–Kier alpha value is -3.23. The van der Waals surface area contributed by atoms with Gasteiger partial charge >= 0.3 is 6.03 Å². The van der Waals surface area contributed by atoms with E-state index in [2.05, 4.69) is 30.7 Å². The van der Waals surface area contributed by atoms with Crippen LogP contribution in [0.15, 0.2) is 45.9 Å². The van der Waals surface area contributed by atoms with Gasteiger partial charge in [-0.25, -0.2) is 9.78 Å². The first-order valence-electron chi connectivity index (χ1n) is 8.94. The van der Waals surface area contributed by atoms with Gasteiger partial charge in [-0.15, -0.1) is 0 Å². The summed E-state index contributed by atoms with van der Waals surface area (Å²) in [6.07, 6.45) is 10.8. The van der Waals surface area contributed by atoms with Gasteiger partial charge in [-0.2, -0.15) is 4.98 Å². The first-order chi connectivity index (χ1) is 13.3. The van der Waals surface area contributed by atoms with Crippen LogP contribution in [0.3, 0.4) is 0 Å².